The van der Waals surface area contributed by atoms with Crippen molar-refractivity contribution in [2.45, 2.75) is 51.6 Å². The molecule has 3 heteroatoms. The molecule has 1 radical (unpaired) electrons. The number of hydrogen-bond acceptors (Lipinski definition) is 2. The Hall–Kier alpha value is 1.02. The van der Waals surface area contributed by atoms with Crippen LogP contribution in [-0.4, -0.2) is 21.3 Å². The van der Waals surface area contributed by atoms with Gasteiger partial charge in [0.05, 0.1) is 0 Å². The van der Waals surface area contributed by atoms with Crippen molar-refractivity contribution in [1.29, 1.82) is 0 Å². The number of hydrogen-bond donors (Lipinski definition) is 1. The summed E-state index contributed by atoms with van der Waals surface area (Å²) in [6.07, 6.45) is 4.19. The molecular formula is C9H18NOY-. The minimum absolute atomic E-state index is 0. The second kappa shape index (κ2) is 4.04. The molecule has 0 spiro atoms. The topological polar surface area (TPSA) is 23.5 Å². The van der Waals surface area contributed by atoms with E-state index < -0.39 is 0 Å². The van der Waals surface area contributed by atoms with Crippen molar-refractivity contribution < 1.29 is 37.9 Å². The van der Waals surface area contributed by atoms with E-state index in [1.807, 2.05) is 0 Å². The molecule has 1 saturated heterocycles. The Morgan fingerprint density at radius 2 is 1.42 bits per heavy atom. The molecule has 0 unspecified atom stereocenters. The van der Waals surface area contributed by atoms with Gasteiger partial charge in [-0.05, 0) is 27.7 Å². The Labute approximate surface area is 101 Å². The normalized spacial score (nSPS) is 27.8. The molecule has 2 nitrogen and oxygen atoms in total. The van der Waals surface area contributed by atoms with E-state index >= 15 is 0 Å². The summed E-state index contributed by atoms with van der Waals surface area (Å²) in [5.74, 6) is 0. The minimum atomic E-state index is -0.0955. The minimum Gasteiger partial charge on any atom is -0.325 e. The summed E-state index contributed by atoms with van der Waals surface area (Å²) in [6.45, 7) is 8.24. The molecule has 0 saturated carbocycles. The maximum absolute atomic E-state index is 9.78. The fourth-order valence-corrected chi connectivity index (χ4v) is 1.77. The first kappa shape index (κ1) is 13.0. The fourth-order valence-electron chi connectivity index (χ4n) is 1.77. The fraction of sp³-hybridized carbons (Fsp3) is 0.889. The van der Waals surface area contributed by atoms with Crippen molar-refractivity contribution in [2.75, 3.05) is 0 Å². The van der Waals surface area contributed by atoms with Crippen LogP contribution in [0.25, 0.3) is 0 Å². The molecule has 0 aromatic rings. The molecule has 0 bridgehead atoms. The van der Waals surface area contributed by atoms with Crippen LogP contribution in [0.5, 0.6) is 0 Å². The SMILES string of the molecule is CC1(C)C[CH-]CC(C)(C)N1O.[Y]. The summed E-state index contributed by atoms with van der Waals surface area (Å²) < 4.78 is 0. The third kappa shape index (κ3) is 2.51. The molecule has 0 aromatic heterocycles. The van der Waals surface area contributed by atoms with Gasteiger partial charge in [0.15, 0.2) is 0 Å². The summed E-state index contributed by atoms with van der Waals surface area (Å²) in [7, 11) is 0. The predicted octanol–water partition coefficient (Wildman–Crippen LogP) is 2.23. The van der Waals surface area contributed by atoms with Crippen LogP contribution in [-0.2, 0) is 32.7 Å². The van der Waals surface area contributed by atoms with Crippen LogP contribution in [0.1, 0.15) is 40.5 Å². The van der Waals surface area contributed by atoms with Crippen LogP contribution in [0.4, 0.5) is 0 Å². The molecule has 1 rings (SSSR count). The van der Waals surface area contributed by atoms with Crippen molar-refractivity contribution in [3.63, 3.8) is 0 Å². The Kier molecular flexibility index (Phi) is 4.38. The molecule has 1 N–H and O–H groups in total. The second-order valence-electron chi connectivity index (χ2n) is 4.63. The van der Waals surface area contributed by atoms with E-state index in [4.69, 9.17) is 0 Å². The Morgan fingerprint density at radius 3 is 1.67 bits per heavy atom. The van der Waals surface area contributed by atoms with Crippen LogP contribution in [0, 0.1) is 6.42 Å². The summed E-state index contributed by atoms with van der Waals surface area (Å²) in [6, 6.07) is 0. The average molecular weight is 245 g/mol. The summed E-state index contributed by atoms with van der Waals surface area (Å²) in [4.78, 5) is 0. The zero-order valence-corrected chi connectivity index (χ0v) is 11.3. The molecule has 1 fully saturated rings. The maximum Gasteiger partial charge on any atom is 0.0141 e. The summed E-state index contributed by atoms with van der Waals surface area (Å²) in [5, 5.41) is 11.3. The van der Waals surface area contributed by atoms with Crippen molar-refractivity contribution in [2.24, 2.45) is 0 Å². The van der Waals surface area contributed by atoms with E-state index in [1.165, 1.54) is 5.06 Å². The number of rotatable bonds is 0. The zero-order chi connectivity index (χ0) is 8.70. The number of hydroxylamine groups is 2. The van der Waals surface area contributed by atoms with Gasteiger partial charge in [-0.1, -0.05) is 0 Å². The smallest absolute Gasteiger partial charge is 0.0141 e. The Bertz CT molecular complexity index is 141. The largest absolute Gasteiger partial charge is 0.325 e. The van der Waals surface area contributed by atoms with Gasteiger partial charge < -0.3 is 11.6 Å². The van der Waals surface area contributed by atoms with E-state index in [-0.39, 0.29) is 43.8 Å². The van der Waals surface area contributed by atoms with Gasteiger partial charge in [-0.15, -0.1) is 0 Å². The standard InChI is InChI=1S/C9H18NO.Y/c1-8(2)6-5-7-9(3,4)10(8)11;/h5,11H,6-7H2,1-4H3;/q-1;. The van der Waals surface area contributed by atoms with E-state index in [9.17, 15) is 5.21 Å². The average Bonchev–Trinajstić information content (AvgIpc) is 1.82. The molecule has 0 atom stereocenters. The van der Waals surface area contributed by atoms with Crippen molar-refractivity contribution in [3.8, 4) is 0 Å². The number of piperidine rings is 1. The van der Waals surface area contributed by atoms with Crippen LogP contribution in [0.2, 0.25) is 0 Å². The second-order valence-corrected chi connectivity index (χ2v) is 4.63. The van der Waals surface area contributed by atoms with Crippen LogP contribution in [0.3, 0.4) is 0 Å². The van der Waals surface area contributed by atoms with Gasteiger partial charge in [0.1, 0.15) is 0 Å². The first-order chi connectivity index (χ1) is 4.86. The molecular weight excluding hydrogens is 227 g/mol. The number of nitrogens with zero attached hydrogens (tertiary/aromatic N) is 1. The van der Waals surface area contributed by atoms with Crippen LogP contribution >= 0.6 is 0 Å². The first-order valence-corrected chi connectivity index (χ1v) is 4.17. The zero-order valence-electron chi connectivity index (χ0n) is 8.46. The quantitative estimate of drug-likeness (QED) is 0.661. The first-order valence-electron chi connectivity index (χ1n) is 4.17. The van der Waals surface area contributed by atoms with Gasteiger partial charge in [-0.25, -0.2) is 0 Å². The van der Waals surface area contributed by atoms with Crippen molar-refractivity contribution in [1.82, 2.24) is 5.06 Å². The van der Waals surface area contributed by atoms with Gasteiger partial charge >= 0.3 is 0 Å². The van der Waals surface area contributed by atoms with Gasteiger partial charge in [0.2, 0.25) is 0 Å². The van der Waals surface area contributed by atoms with Crippen molar-refractivity contribution >= 4 is 0 Å². The molecule has 1 heterocycles. The Balaban J connectivity index is 0.00000121. The monoisotopic (exact) mass is 245 g/mol. The molecule has 0 aromatic carbocycles. The predicted molar refractivity (Wildman–Crippen MR) is 45.3 cm³/mol. The van der Waals surface area contributed by atoms with Crippen LogP contribution < -0.4 is 0 Å². The molecule has 1 aliphatic heterocycles. The van der Waals surface area contributed by atoms with E-state index in [1.54, 1.807) is 0 Å². The summed E-state index contributed by atoms with van der Waals surface area (Å²) >= 11 is 0. The van der Waals surface area contributed by atoms with E-state index in [2.05, 4.69) is 34.1 Å². The molecule has 1 aliphatic rings. The molecule has 0 amide bonds. The maximum atomic E-state index is 9.78. The summed E-state index contributed by atoms with van der Waals surface area (Å²) in [5.41, 5.74) is -0.191. The molecule has 69 valence electrons. The van der Waals surface area contributed by atoms with Gasteiger partial charge in [0, 0.05) is 43.8 Å². The third-order valence-corrected chi connectivity index (χ3v) is 2.43. The third-order valence-electron chi connectivity index (χ3n) is 2.43. The Morgan fingerprint density at radius 1 is 1.08 bits per heavy atom. The van der Waals surface area contributed by atoms with E-state index in [0.717, 1.165) is 12.8 Å². The van der Waals surface area contributed by atoms with Gasteiger partial charge in [-0.2, -0.15) is 17.9 Å². The van der Waals surface area contributed by atoms with Gasteiger partial charge in [-0.3, -0.25) is 0 Å². The van der Waals surface area contributed by atoms with Crippen LogP contribution in [0.15, 0.2) is 0 Å². The van der Waals surface area contributed by atoms with E-state index in [0.29, 0.717) is 0 Å². The van der Waals surface area contributed by atoms with Crippen molar-refractivity contribution in [3.05, 3.63) is 6.42 Å². The molecule has 0 aliphatic carbocycles. The molecule has 12 heavy (non-hydrogen) atoms. The van der Waals surface area contributed by atoms with Gasteiger partial charge in [0.25, 0.3) is 0 Å².